The number of halogens is 1. The van der Waals surface area contributed by atoms with Crippen LogP contribution in [0.3, 0.4) is 0 Å². The van der Waals surface area contributed by atoms with Crippen molar-refractivity contribution in [1.82, 2.24) is 14.9 Å². The molecule has 184 valence electrons. The Balaban J connectivity index is 1.69. The summed E-state index contributed by atoms with van der Waals surface area (Å²) < 4.78 is 50.4. The first kappa shape index (κ1) is 25.3. The van der Waals surface area contributed by atoms with Gasteiger partial charge >= 0.3 is 0 Å². The maximum absolute atomic E-state index is 13.6. The normalized spacial score (nSPS) is 17.3. The maximum Gasteiger partial charge on any atom is 0.274 e. The summed E-state index contributed by atoms with van der Waals surface area (Å²) in [6, 6.07) is 15.6. The molecule has 2 heterocycles. The lowest BCUT2D eigenvalue weighted by atomic mass is 10.1. The minimum absolute atomic E-state index is 0.0240. The van der Waals surface area contributed by atoms with E-state index in [0.29, 0.717) is 5.56 Å². The molecule has 0 spiro atoms. The number of hydrogen-bond donors (Lipinski definition) is 0. The van der Waals surface area contributed by atoms with Gasteiger partial charge in [0, 0.05) is 12.6 Å². The van der Waals surface area contributed by atoms with Crippen LogP contribution in [0, 0.1) is 6.92 Å². The molecular weight excluding hydrogens is 510 g/mol. The minimum Gasteiger partial charge on any atom is -0.329 e. The lowest BCUT2D eigenvalue weighted by Crippen LogP contribution is -2.41. The molecule has 0 N–H and O–H groups in total. The highest BCUT2D eigenvalue weighted by Crippen LogP contribution is 2.25. The van der Waals surface area contributed by atoms with Gasteiger partial charge in [0.15, 0.2) is 15.5 Å². The van der Waals surface area contributed by atoms with E-state index in [1.54, 1.807) is 25.1 Å². The van der Waals surface area contributed by atoms with Crippen molar-refractivity contribution in [2.75, 3.05) is 11.5 Å². The number of nitrogens with zero attached hydrogens (tertiary/aromatic N) is 3. The van der Waals surface area contributed by atoms with E-state index in [1.165, 1.54) is 4.90 Å². The van der Waals surface area contributed by atoms with Gasteiger partial charge < -0.3 is 4.90 Å². The predicted molar refractivity (Wildman–Crippen MR) is 132 cm³/mol. The van der Waals surface area contributed by atoms with Crippen LogP contribution in [0.4, 0.5) is 0 Å². The molecule has 1 fully saturated rings. The van der Waals surface area contributed by atoms with E-state index in [1.807, 2.05) is 36.4 Å². The summed E-state index contributed by atoms with van der Waals surface area (Å²) in [5, 5.41) is -0.615. The van der Waals surface area contributed by atoms with Crippen molar-refractivity contribution in [2.24, 2.45) is 0 Å². The maximum atomic E-state index is 13.6. The number of rotatable bonds is 7. The van der Waals surface area contributed by atoms with E-state index in [4.69, 9.17) is 11.6 Å². The number of hydrogen-bond acceptors (Lipinski definition) is 7. The summed E-state index contributed by atoms with van der Waals surface area (Å²) >= 11 is 6.25. The molecule has 0 saturated carbocycles. The van der Waals surface area contributed by atoms with Crippen LogP contribution in [0.25, 0.3) is 0 Å². The molecule has 0 bridgehead atoms. The monoisotopic (exact) mass is 533 g/mol. The number of aromatic nitrogens is 2. The number of benzene rings is 2. The zero-order chi connectivity index (χ0) is 25.2. The third kappa shape index (κ3) is 5.88. The smallest absolute Gasteiger partial charge is 0.274 e. The standard InChI is InChI=1S/C24H24ClN3O5S2/c1-17-7-5-6-10-19(17)15-35(32,33)24-26-13-21(25)22(27-24)23(29)28(14-18-8-3-2-4-9-18)20-11-12-34(30,31)16-20/h2-10,13,20H,11-12,14-16H2,1H3. The van der Waals surface area contributed by atoms with Gasteiger partial charge in [0.25, 0.3) is 5.91 Å². The van der Waals surface area contributed by atoms with Gasteiger partial charge in [-0.15, -0.1) is 0 Å². The average Bonchev–Trinajstić information content (AvgIpc) is 3.18. The lowest BCUT2D eigenvalue weighted by Gasteiger charge is -2.28. The zero-order valence-corrected chi connectivity index (χ0v) is 21.4. The van der Waals surface area contributed by atoms with Gasteiger partial charge in [-0.25, -0.2) is 26.8 Å². The Kier molecular flexibility index (Phi) is 7.25. The summed E-state index contributed by atoms with van der Waals surface area (Å²) in [7, 11) is -7.26. The predicted octanol–water partition coefficient (Wildman–Crippen LogP) is 3.24. The van der Waals surface area contributed by atoms with Crippen molar-refractivity contribution < 1.29 is 21.6 Å². The van der Waals surface area contributed by atoms with Crippen LogP contribution >= 0.6 is 11.6 Å². The fourth-order valence-electron chi connectivity index (χ4n) is 4.00. The van der Waals surface area contributed by atoms with Crippen molar-refractivity contribution in [3.05, 3.63) is 88.2 Å². The second kappa shape index (κ2) is 10.0. The molecule has 2 aromatic carbocycles. The van der Waals surface area contributed by atoms with Crippen LogP contribution in [0.2, 0.25) is 5.02 Å². The van der Waals surface area contributed by atoms with Crippen LogP contribution in [-0.2, 0) is 32.0 Å². The van der Waals surface area contributed by atoms with Gasteiger partial charge in [0.05, 0.1) is 28.5 Å². The van der Waals surface area contributed by atoms with Gasteiger partial charge in [-0.05, 0) is 30.0 Å². The second-order valence-electron chi connectivity index (χ2n) is 8.51. The number of carbonyl (C=O) groups is 1. The van der Waals surface area contributed by atoms with Gasteiger partial charge in [0.1, 0.15) is 0 Å². The first-order chi connectivity index (χ1) is 16.6. The third-order valence-corrected chi connectivity index (χ3v) is 9.39. The largest absolute Gasteiger partial charge is 0.329 e. The van der Waals surface area contributed by atoms with Crippen molar-refractivity contribution in [3.8, 4) is 0 Å². The second-order valence-corrected chi connectivity index (χ2v) is 13.0. The molecule has 0 radical (unpaired) electrons. The quantitative estimate of drug-likeness (QED) is 0.428. The van der Waals surface area contributed by atoms with E-state index < -0.39 is 36.8 Å². The molecule has 3 aromatic rings. The Hall–Kier alpha value is -2.82. The molecule has 1 atom stereocenters. The molecule has 4 rings (SSSR count). The molecule has 1 saturated heterocycles. The van der Waals surface area contributed by atoms with Gasteiger partial charge in [-0.1, -0.05) is 66.2 Å². The van der Waals surface area contributed by atoms with E-state index in [0.717, 1.165) is 17.3 Å². The first-order valence-electron chi connectivity index (χ1n) is 10.9. The summed E-state index contributed by atoms with van der Waals surface area (Å²) in [6.45, 7) is 1.94. The molecule has 1 unspecified atom stereocenters. The molecule has 11 heteroatoms. The fourth-order valence-corrected chi connectivity index (χ4v) is 7.20. The van der Waals surface area contributed by atoms with Crippen LogP contribution in [0.15, 0.2) is 66.0 Å². The highest BCUT2D eigenvalue weighted by atomic mass is 35.5. The van der Waals surface area contributed by atoms with Gasteiger partial charge in [-0.2, -0.15) is 0 Å². The Morgan fingerprint density at radius 3 is 2.46 bits per heavy atom. The molecule has 1 aromatic heterocycles. The summed E-state index contributed by atoms with van der Waals surface area (Å²) in [5.74, 6) is -1.17. The topological polar surface area (TPSA) is 114 Å². The van der Waals surface area contributed by atoms with E-state index in [-0.39, 0.29) is 40.9 Å². The molecule has 0 aliphatic carbocycles. The minimum atomic E-state index is -3.98. The van der Waals surface area contributed by atoms with Crippen molar-refractivity contribution in [1.29, 1.82) is 0 Å². The highest BCUT2D eigenvalue weighted by Gasteiger charge is 2.36. The van der Waals surface area contributed by atoms with Crippen molar-refractivity contribution >= 4 is 37.2 Å². The van der Waals surface area contributed by atoms with Gasteiger partial charge in [0.2, 0.25) is 15.0 Å². The number of carbonyl (C=O) groups excluding carboxylic acids is 1. The lowest BCUT2D eigenvalue weighted by molar-refractivity contribution is 0.0674. The van der Waals surface area contributed by atoms with E-state index in [2.05, 4.69) is 9.97 Å². The van der Waals surface area contributed by atoms with Crippen LogP contribution < -0.4 is 0 Å². The van der Waals surface area contributed by atoms with Crippen LogP contribution in [0.1, 0.15) is 33.6 Å². The highest BCUT2D eigenvalue weighted by molar-refractivity contribution is 7.91. The summed E-state index contributed by atoms with van der Waals surface area (Å²) in [6.07, 6.45) is 1.38. The Labute approximate surface area is 209 Å². The SMILES string of the molecule is Cc1ccccc1CS(=O)(=O)c1ncc(Cl)c(C(=O)N(Cc2ccccc2)C2CCS(=O)(=O)C2)n1. The first-order valence-corrected chi connectivity index (χ1v) is 14.8. The third-order valence-electron chi connectivity index (χ3n) is 5.92. The van der Waals surface area contributed by atoms with E-state index >= 15 is 0 Å². The molecule has 35 heavy (non-hydrogen) atoms. The summed E-state index contributed by atoms with van der Waals surface area (Å²) in [4.78, 5) is 23.0. The fraction of sp³-hybridized carbons (Fsp3) is 0.292. The Morgan fingerprint density at radius 1 is 1.11 bits per heavy atom. The number of aryl methyl sites for hydroxylation is 1. The number of amides is 1. The molecule has 8 nitrogen and oxygen atoms in total. The summed E-state index contributed by atoms with van der Waals surface area (Å²) in [5.41, 5.74) is 1.92. The average molecular weight is 534 g/mol. The Morgan fingerprint density at radius 2 is 1.80 bits per heavy atom. The van der Waals surface area contributed by atoms with Gasteiger partial charge in [-0.3, -0.25) is 4.79 Å². The van der Waals surface area contributed by atoms with E-state index in [9.17, 15) is 21.6 Å². The molecular formula is C24H24ClN3O5S2. The van der Waals surface area contributed by atoms with Crippen molar-refractivity contribution in [2.45, 2.75) is 36.8 Å². The zero-order valence-electron chi connectivity index (χ0n) is 19.0. The molecule has 1 aliphatic rings. The van der Waals surface area contributed by atoms with Crippen molar-refractivity contribution in [3.63, 3.8) is 0 Å². The Bertz CT molecular complexity index is 1460. The molecule has 1 aliphatic heterocycles. The molecule has 1 amide bonds. The van der Waals surface area contributed by atoms with Crippen LogP contribution in [0.5, 0.6) is 0 Å². The van der Waals surface area contributed by atoms with Crippen LogP contribution in [-0.4, -0.2) is 55.2 Å². The number of sulfone groups is 2.